The maximum absolute atomic E-state index is 10.8. The molecule has 0 unspecified atom stereocenters. The molecule has 0 bridgehead atoms. The molecular weight excluding hydrogens is 424 g/mol. The van der Waals surface area contributed by atoms with Crippen LogP contribution in [0.2, 0.25) is 0 Å². The van der Waals surface area contributed by atoms with Crippen molar-refractivity contribution in [1.82, 2.24) is 4.68 Å². The number of methoxy groups -OCH3 is 3. The molecule has 3 aromatic rings. The van der Waals surface area contributed by atoms with Crippen LogP contribution in [0.25, 0.3) is 11.3 Å². The van der Waals surface area contributed by atoms with Gasteiger partial charge in [-0.15, -0.1) is 11.3 Å². The number of furan rings is 1. The normalized spacial score (nSPS) is 12.0. The molecule has 31 heavy (non-hydrogen) atoms. The summed E-state index contributed by atoms with van der Waals surface area (Å²) in [7, 11) is 4.63. The van der Waals surface area contributed by atoms with Crippen LogP contribution in [-0.2, 0) is 0 Å². The molecular formula is C20H22N4O6S. The van der Waals surface area contributed by atoms with E-state index < -0.39 is 4.92 Å². The molecule has 0 saturated carbocycles. The maximum atomic E-state index is 10.8. The number of hydrogen-bond acceptors (Lipinski definition) is 9. The van der Waals surface area contributed by atoms with E-state index in [9.17, 15) is 10.1 Å². The molecule has 0 aliphatic rings. The monoisotopic (exact) mass is 446 g/mol. The number of benzene rings is 1. The van der Waals surface area contributed by atoms with Gasteiger partial charge in [0.1, 0.15) is 4.92 Å². The van der Waals surface area contributed by atoms with Gasteiger partial charge in [-0.2, -0.15) is 5.10 Å². The van der Waals surface area contributed by atoms with Gasteiger partial charge in [0, 0.05) is 17.0 Å². The van der Waals surface area contributed by atoms with Crippen LogP contribution in [0, 0.1) is 10.1 Å². The molecule has 164 valence electrons. The summed E-state index contributed by atoms with van der Waals surface area (Å²) in [5, 5.41) is 17.2. The number of nitrogens with zero attached hydrogens (tertiary/aromatic N) is 4. The number of rotatable bonds is 8. The Morgan fingerprint density at radius 1 is 1.16 bits per heavy atom. The van der Waals surface area contributed by atoms with Gasteiger partial charge in [-0.05, 0) is 32.0 Å². The fraction of sp³-hybridized carbons (Fsp3) is 0.300. The van der Waals surface area contributed by atoms with Crippen molar-refractivity contribution in [2.45, 2.75) is 19.9 Å². The smallest absolute Gasteiger partial charge is 0.433 e. The fourth-order valence-electron chi connectivity index (χ4n) is 2.77. The summed E-state index contributed by atoms with van der Waals surface area (Å²) in [4.78, 5) is 15.5. The van der Waals surface area contributed by atoms with Gasteiger partial charge in [-0.1, -0.05) is 0 Å². The van der Waals surface area contributed by atoms with Gasteiger partial charge in [-0.25, -0.2) is 4.68 Å². The lowest BCUT2D eigenvalue weighted by atomic mass is 10.1. The molecule has 2 aromatic heterocycles. The van der Waals surface area contributed by atoms with Crippen LogP contribution in [0.3, 0.4) is 0 Å². The van der Waals surface area contributed by atoms with Crippen molar-refractivity contribution < 1.29 is 23.6 Å². The summed E-state index contributed by atoms with van der Waals surface area (Å²) in [5.74, 6) is 1.38. The Morgan fingerprint density at radius 2 is 1.84 bits per heavy atom. The highest BCUT2D eigenvalue weighted by molar-refractivity contribution is 7.07. The lowest BCUT2D eigenvalue weighted by Crippen LogP contribution is -2.14. The summed E-state index contributed by atoms with van der Waals surface area (Å²) >= 11 is 1.41. The predicted molar refractivity (Wildman–Crippen MR) is 116 cm³/mol. The topological polar surface area (TPSA) is 114 Å². The highest BCUT2D eigenvalue weighted by Gasteiger charge is 2.17. The number of thiazole rings is 1. The standard InChI is InChI=1S/C20H22N4O6S/c1-12(2)22-20-23(21-10-14-6-7-18(30-14)24(25)26)15(11-31-20)13-8-16(27-3)19(29-5)17(9-13)28-4/h6-12H,1-5H3. The van der Waals surface area contributed by atoms with E-state index >= 15 is 0 Å². The van der Waals surface area contributed by atoms with E-state index in [0.717, 1.165) is 11.3 Å². The molecule has 1 aromatic carbocycles. The predicted octanol–water partition coefficient (Wildman–Crippen LogP) is 3.93. The molecule has 0 aliphatic heterocycles. The Labute approximate surface area is 182 Å². The van der Waals surface area contributed by atoms with Crippen LogP contribution in [0.4, 0.5) is 5.88 Å². The minimum absolute atomic E-state index is 0.0394. The Morgan fingerprint density at radius 3 is 2.35 bits per heavy atom. The summed E-state index contributed by atoms with van der Waals surface area (Å²) in [6.45, 7) is 3.92. The highest BCUT2D eigenvalue weighted by atomic mass is 32.1. The number of nitro groups is 1. The van der Waals surface area contributed by atoms with Crippen molar-refractivity contribution in [2.75, 3.05) is 21.3 Å². The van der Waals surface area contributed by atoms with Gasteiger partial charge in [-0.3, -0.25) is 15.1 Å². The number of ether oxygens (including phenoxy) is 3. The third-order valence-electron chi connectivity index (χ3n) is 4.11. The first kappa shape index (κ1) is 22.1. The molecule has 0 atom stereocenters. The minimum atomic E-state index is -0.601. The van der Waals surface area contributed by atoms with E-state index in [1.807, 2.05) is 31.4 Å². The molecule has 0 amide bonds. The van der Waals surface area contributed by atoms with E-state index in [1.165, 1.54) is 36.8 Å². The Kier molecular flexibility index (Phi) is 6.75. The van der Waals surface area contributed by atoms with E-state index in [0.29, 0.717) is 22.0 Å². The number of aromatic nitrogens is 1. The van der Waals surface area contributed by atoms with Crippen LogP contribution in [-0.4, -0.2) is 43.2 Å². The molecule has 0 radical (unpaired) electrons. The van der Waals surface area contributed by atoms with E-state index in [-0.39, 0.29) is 17.7 Å². The second kappa shape index (κ2) is 9.47. The van der Waals surface area contributed by atoms with Crippen LogP contribution in [0.15, 0.2) is 44.2 Å². The average Bonchev–Trinajstić information content (AvgIpc) is 3.37. The molecule has 0 N–H and O–H groups in total. The minimum Gasteiger partial charge on any atom is -0.493 e. The van der Waals surface area contributed by atoms with Gasteiger partial charge in [0.05, 0.1) is 39.3 Å². The Hall–Kier alpha value is -3.60. The van der Waals surface area contributed by atoms with Gasteiger partial charge in [0.15, 0.2) is 17.3 Å². The maximum Gasteiger partial charge on any atom is 0.433 e. The van der Waals surface area contributed by atoms with E-state index in [2.05, 4.69) is 10.1 Å². The first-order valence-electron chi connectivity index (χ1n) is 9.21. The lowest BCUT2D eigenvalue weighted by molar-refractivity contribution is -0.402. The quantitative estimate of drug-likeness (QED) is 0.294. The van der Waals surface area contributed by atoms with Gasteiger partial charge < -0.3 is 18.6 Å². The second-order valence-corrected chi connectivity index (χ2v) is 7.37. The lowest BCUT2D eigenvalue weighted by Gasteiger charge is -2.14. The van der Waals surface area contributed by atoms with Crippen molar-refractivity contribution >= 4 is 23.4 Å². The molecule has 3 rings (SSSR count). The zero-order valence-corrected chi connectivity index (χ0v) is 18.5. The number of hydrogen-bond donors (Lipinski definition) is 0. The summed E-state index contributed by atoms with van der Waals surface area (Å²) in [5.41, 5.74) is 1.49. The fourth-order valence-corrected chi connectivity index (χ4v) is 3.74. The molecule has 0 aliphatic carbocycles. The van der Waals surface area contributed by atoms with Gasteiger partial charge >= 0.3 is 5.88 Å². The largest absolute Gasteiger partial charge is 0.493 e. The summed E-state index contributed by atoms with van der Waals surface area (Å²) in [6.07, 6.45) is 1.40. The SMILES string of the molecule is COc1cc(-c2csc(=NC(C)C)n2N=Cc2ccc([N+](=O)[O-])o2)cc(OC)c1OC. The zero-order chi connectivity index (χ0) is 22.5. The average molecular weight is 446 g/mol. The first-order valence-corrected chi connectivity index (χ1v) is 10.1. The van der Waals surface area contributed by atoms with Crippen LogP contribution < -0.4 is 19.0 Å². The van der Waals surface area contributed by atoms with Gasteiger partial charge in [0.25, 0.3) is 0 Å². The summed E-state index contributed by atoms with van der Waals surface area (Å²) < 4.78 is 23.1. The third-order valence-corrected chi connectivity index (χ3v) is 4.94. The molecule has 2 heterocycles. The zero-order valence-electron chi connectivity index (χ0n) is 17.7. The molecule has 0 spiro atoms. The van der Waals surface area contributed by atoms with Crippen LogP contribution >= 0.6 is 11.3 Å². The second-order valence-electron chi connectivity index (χ2n) is 6.53. The summed E-state index contributed by atoms with van der Waals surface area (Å²) in [6, 6.07) is 6.42. The van der Waals surface area contributed by atoms with Crippen molar-refractivity contribution in [1.29, 1.82) is 0 Å². The van der Waals surface area contributed by atoms with E-state index in [1.54, 1.807) is 18.9 Å². The third kappa shape index (κ3) is 4.77. The first-order chi connectivity index (χ1) is 14.9. The van der Waals surface area contributed by atoms with E-state index in [4.69, 9.17) is 18.6 Å². The molecule has 10 nitrogen and oxygen atoms in total. The van der Waals surface area contributed by atoms with Crippen molar-refractivity contribution in [3.05, 3.63) is 50.3 Å². The van der Waals surface area contributed by atoms with Crippen molar-refractivity contribution in [3.63, 3.8) is 0 Å². The van der Waals surface area contributed by atoms with Crippen LogP contribution in [0.1, 0.15) is 19.6 Å². The van der Waals surface area contributed by atoms with Gasteiger partial charge in [0.2, 0.25) is 10.6 Å². The van der Waals surface area contributed by atoms with Crippen molar-refractivity contribution in [2.24, 2.45) is 10.1 Å². The Balaban J connectivity index is 2.15. The van der Waals surface area contributed by atoms with Crippen LogP contribution in [0.5, 0.6) is 17.2 Å². The highest BCUT2D eigenvalue weighted by Crippen LogP contribution is 2.41. The molecule has 0 fully saturated rings. The molecule has 0 saturated heterocycles. The van der Waals surface area contributed by atoms with Crippen molar-refractivity contribution in [3.8, 4) is 28.5 Å². The molecule has 11 heteroatoms. The Bertz CT molecular complexity index is 1150.